The van der Waals surface area contributed by atoms with Crippen molar-refractivity contribution < 1.29 is 4.74 Å². The molecule has 0 radical (unpaired) electrons. The SMILES string of the molecule is CC(C)CCCNCCOc1ccc(Cl)cc1Br. The third-order valence-electron chi connectivity index (χ3n) is 2.57. The van der Waals surface area contributed by atoms with Gasteiger partial charge in [-0.05, 0) is 59.4 Å². The maximum Gasteiger partial charge on any atom is 0.133 e. The van der Waals surface area contributed by atoms with E-state index < -0.39 is 0 Å². The first-order chi connectivity index (χ1) is 8.59. The first kappa shape index (κ1) is 15.8. The molecule has 0 aliphatic heterocycles. The lowest BCUT2D eigenvalue weighted by atomic mass is 10.1. The molecule has 0 fully saturated rings. The number of nitrogens with one attached hydrogen (secondary N) is 1. The normalized spacial score (nSPS) is 10.9. The van der Waals surface area contributed by atoms with Gasteiger partial charge in [0.2, 0.25) is 0 Å². The zero-order valence-electron chi connectivity index (χ0n) is 11.0. The van der Waals surface area contributed by atoms with Gasteiger partial charge in [-0.3, -0.25) is 0 Å². The highest BCUT2D eigenvalue weighted by Gasteiger charge is 2.01. The van der Waals surface area contributed by atoms with Gasteiger partial charge in [0.1, 0.15) is 12.4 Å². The smallest absolute Gasteiger partial charge is 0.133 e. The van der Waals surface area contributed by atoms with Gasteiger partial charge in [-0.25, -0.2) is 0 Å². The van der Waals surface area contributed by atoms with Gasteiger partial charge in [-0.2, -0.15) is 0 Å². The minimum Gasteiger partial charge on any atom is -0.491 e. The van der Waals surface area contributed by atoms with Crippen molar-refractivity contribution in [2.75, 3.05) is 19.7 Å². The summed E-state index contributed by atoms with van der Waals surface area (Å²) in [5.41, 5.74) is 0. The lowest BCUT2D eigenvalue weighted by Crippen LogP contribution is -2.22. The number of ether oxygens (including phenoxy) is 1. The molecule has 0 aliphatic rings. The topological polar surface area (TPSA) is 21.3 Å². The second-order valence-electron chi connectivity index (χ2n) is 4.71. The van der Waals surface area contributed by atoms with Crippen LogP contribution >= 0.6 is 27.5 Å². The quantitative estimate of drug-likeness (QED) is 0.706. The Morgan fingerprint density at radius 2 is 2.11 bits per heavy atom. The maximum atomic E-state index is 5.86. The molecule has 1 N–H and O–H groups in total. The summed E-state index contributed by atoms with van der Waals surface area (Å²) in [6, 6.07) is 5.55. The minimum atomic E-state index is 0.669. The van der Waals surface area contributed by atoms with E-state index in [0.717, 1.165) is 29.2 Å². The van der Waals surface area contributed by atoms with E-state index in [1.54, 1.807) is 0 Å². The molecule has 0 saturated carbocycles. The fourth-order valence-electron chi connectivity index (χ4n) is 1.59. The molecule has 0 amide bonds. The van der Waals surface area contributed by atoms with E-state index in [9.17, 15) is 0 Å². The molecule has 1 aromatic carbocycles. The monoisotopic (exact) mass is 333 g/mol. The van der Waals surface area contributed by atoms with Crippen LogP contribution in [0.15, 0.2) is 22.7 Å². The Hall–Kier alpha value is -0.250. The summed E-state index contributed by atoms with van der Waals surface area (Å²) >= 11 is 9.29. The van der Waals surface area contributed by atoms with Gasteiger partial charge < -0.3 is 10.1 Å². The van der Waals surface area contributed by atoms with Crippen LogP contribution in [-0.2, 0) is 0 Å². The number of benzene rings is 1. The van der Waals surface area contributed by atoms with E-state index >= 15 is 0 Å². The van der Waals surface area contributed by atoms with Crippen molar-refractivity contribution in [2.45, 2.75) is 26.7 Å². The molecule has 0 aliphatic carbocycles. The van der Waals surface area contributed by atoms with Crippen LogP contribution in [0, 0.1) is 5.92 Å². The summed E-state index contributed by atoms with van der Waals surface area (Å²) in [6.45, 7) is 7.10. The Kier molecular flexibility index (Phi) is 7.71. The maximum absolute atomic E-state index is 5.86. The largest absolute Gasteiger partial charge is 0.491 e. The van der Waals surface area contributed by atoms with Crippen molar-refractivity contribution in [3.8, 4) is 5.75 Å². The average Bonchev–Trinajstić information content (AvgIpc) is 2.30. The van der Waals surface area contributed by atoms with Gasteiger partial charge >= 0.3 is 0 Å². The Balaban J connectivity index is 2.11. The van der Waals surface area contributed by atoms with E-state index in [0.29, 0.717) is 11.6 Å². The molecule has 1 rings (SSSR count). The zero-order chi connectivity index (χ0) is 13.4. The highest BCUT2D eigenvalue weighted by molar-refractivity contribution is 9.10. The van der Waals surface area contributed by atoms with Crippen LogP contribution in [0.2, 0.25) is 5.02 Å². The summed E-state index contributed by atoms with van der Waals surface area (Å²) in [5, 5.41) is 4.08. The molecule has 0 saturated heterocycles. The lowest BCUT2D eigenvalue weighted by molar-refractivity contribution is 0.311. The first-order valence-electron chi connectivity index (χ1n) is 6.38. The Bertz CT molecular complexity index is 358. The van der Waals surface area contributed by atoms with Gasteiger partial charge in [0.05, 0.1) is 4.47 Å². The number of rotatable bonds is 8. The van der Waals surface area contributed by atoms with E-state index in [-0.39, 0.29) is 0 Å². The minimum absolute atomic E-state index is 0.669. The number of halogens is 2. The van der Waals surface area contributed by atoms with Crippen molar-refractivity contribution in [1.82, 2.24) is 5.32 Å². The van der Waals surface area contributed by atoms with E-state index in [4.69, 9.17) is 16.3 Å². The van der Waals surface area contributed by atoms with Gasteiger partial charge in [0.25, 0.3) is 0 Å². The summed E-state index contributed by atoms with van der Waals surface area (Å²) in [4.78, 5) is 0. The fraction of sp³-hybridized carbons (Fsp3) is 0.571. The highest BCUT2D eigenvalue weighted by Crippen LogP contribution is 2.27. The van der Waals surface area contributed by atoms with Crippen molar-refractivity contribution in [3.05, 3.63) is 27.7 Å². The van der Waals surface area contributed by atoms with E-state index in [1.807, 2.05) is 18.2 Å². The van der Waals surface area contributed by atoms with Crippen LogP contribution in [0.25, 0.3) is 0 Å². The van der Waals surface area contributed by atoms with Crippen LogP contribution in [0.1, 0.15) is 26.7 Å². The van der Waals surface area contributed by atoms with Crippen molar-refractivity contribution >= 4 is 27.5 Å². The molecule has 1 aromatic rings. The molecule has 0 aromatic heterocycles. The average molecular weight is 335 g/mol. The van der Waals surface area contributed by atoms with Gasteiger partial charge in [0, 0.05) is 11.6 Å². The number of hydrogen-bond donors (Lipinski definition) is 1. The Morgan fingerprint density at radius 1 is 1.33 bits per heavy atom. The van der Waals surface area contributed by atoms with Crippen molar-refractivity contribution in [1.29, 1.82) is 0 Å². The summed E-state index contributed by atoms with van der Waals surface area (Å²) in [5.74, 6) is 1.62. The molecule has 0 bridgehead atoms. The zero-order valence-corrected chi connectivity index (χ0v) is 13.4. The Labute approximate surface area is 123 Å². The van der Waals surface area contributed by atoms with Gasteiger partial charge in [-0.1, -0.05) is 25.4 Å². The molecule has 0 spiro atoms. The third-order valence-corrected chi connectivity index (χ3v) is 3.42. The predicted molar refractivity (Wildman–Crippen MR) is 81.6 cm³/mol. The fourth-order valence-corrected chi connectivity index (χ4v) is 2.38. The summed E-state index contributed by atoms with van der Waals surface area (Å²) in [7, 11) is 0. The van der Waals surface area contributed by atoms with Crippen LogP contribution in [0.4, 0.5) is 0 Å². The van der Waals surface area contributed by atoms with E-state index in [1.165, 1.54) is 12.8 Å². The molecular weight excluding hydrogens is 314 g/mol. The standard InChI is InChI=1S/C14H21BrClNO/c1-11(2)4-3-7-17-8-9-18-14-6-5-12(16)10-13(14)15/h5-6,10-11,17H,3-4,7-9H2,1-2H3. The molecule has 0 unspecified atom stereocenters. The summed E-state index contributed by atoms with van der Waals surface area (Å²) in [6.07, 6.45) is 2.50. The Morgan fingerprint density at radius 3 is 2.78 bits per heavy atom. The van der Waals surface area contributed by atoms with Crippen LogP contribution < -0.4 is 10.1 Å². The van der Waals surface area contributed by atoms with Crippen molar-refractivity contribution in [3.63, 3.8) is 0 Å². The lowest BCUT2D eigenvalue weighted by Gasteiger charge is -2.09. The molecule has 0 heterocycles. The number of hydrogen-bond acceptors (Lipinski definition) is 2. The molecule has 4 heteroatoms. The highest BCUT2D eigenvalue weighted by atomic mass is 79.9. The second kappa shape index (κ2) is 8.78. The van der Waals surface area contributed by atoms with Crippen LogP contribution in [-0.4, -0.2) is 19.7 Å². The molecule has 2 nitrogen and oxygen atoms in total. The molecular formula is C14H21BrClNO. The molecule has 0 atom stereocenters. The molecule has 102 valence electrons. The van der Waals surface area contributed by atoms with Crippen LogP contribution in [0.5, 0.6) is 5.75 Å². The van der Waals surface area contributed by atoms with Crippen LogP contribution in [0.3, 0.4) is 0 Å². The second-order valence-corrected chi connectivity index (χ2v) is 6.00. The van der Waals surface area contributed by atoms with E-state index in [2.05, 4.69) is 35.1 Å². The predicted octanol–water partition coefficient (Wildman–Crippen LogP) is 4.51. The van der Waals surface area contributed by atoms with Gasteiger partial charge in [0.15, 0.2) is 0 Å². The van der Waals surface area contributed by atoms with Gasteiger partial charge in [-0.15, -0.1) is 0 Å². The summed E-state index contributed by atoms with van der Waals surface area (Å²) < 4.78 is 6.55. The third kappa shape index (κ3) is 6.62. The van der Waals surface area contributed by atoms with Crippen molar-refractivity contribution in [2.24, 2.45) is 5.92 Å². The first-order valence-corrected chi connectivity index (χ1v) is 7.55. The molecule has 18 heavy (non-hydrogen) atoms.